The summed E-state index contributed by atoms with van der Waals surface area (Å²) in [6.07, 6.45) is 11.9. The van der Waals surface area contributed by atoms with Gasteiger partial charge in [0.05, 0.1) is 17.3 Å². The average Bonchev–Trinajstić information content (AvgIpc) is 2.83. The number of ether oxygens (including phenoxy) is 1. The minimum Gasteiger partial charge on any atom is -0.507 e. The number of esters is 1. The Kier molecular flexibility index (Phi) is 9.39. The van der Waals surface area contributed by atoms with Gasteiger partial charge in [0.25, 0.3) is 5.91 Å². The van der Waals surface area contributed by atoms with Gasteiger partial charge >= 0.3 is 5.97 Å². The molecule has 1 fully saturated rings. The van der Waals surface area contributed by atoms with Crippen LogP contribution >= 0.6 is 11.6 Å². The number of carbonyl (C=O) groups excluding carboxylic acids is 2. The van der Waals surface area contributed by atoms with E-state index in [1.54, 1.807) is 17.9 Å². The van der Waals surface area contributed by atoms with Crippen molar-refractivity contribution in [2.75, 3.05) is 19.7 Å². The molecule has 184 valence electrons. The van der Waals surface area contributed by atoms with Crippen LogP contribution in [0.3, 0.4) is 0 Å². The first-order valence-electron chi connectivity index (χ1n) is 11.6. The number of halogens is 1. The molecular weight excluding hydrogens is 460 g/mol. The zero-order valence-corrected chi connectivity index (χ0v) is 20.1. The van der Waals surface area contributed by atoms with E-state index in [1.165, 1.54) is 0 Å². The molecule has 2 heterocycles. The van der Waals surface area contributed by atoms with E-state index in [1.807, 2.05) is 18.2 Å². The van der Waals surface area contributed by atoms with E-state index in [-0.39, 0.29) is 40.8 Å². The molecule has 8 nitrogen and oxygen atoms in total. The van der Waals surface area contributed by atoms with Crippen molar-refractivity contribution in [1.29, 1.82) is 0 Å². The molecular formula is C25H31ClN2O6. The van der Waals surface area contributed by atoms with Crippen molar-refractivity contribution in [3.8, 4) is 11.5 Å². The summed E-state index contributed by atoms with van der Waals surface area (Å²) in [6, 6.07) is 1.01. The van der Waals surface area contributed by atoms with Crippen molar-refractivity contribution in [2.24, 2.45) is 5.16 Å². The summed E-state index contributed by atoms with van der Waals surface area (Å²) in [5, 5.41) is 24.6. The first-order chi connectivity index (χ1) is 16.4. The van der Waals surface area contributed by atoms with Gasteiger partial charge in [-0.05, 0) is 57.1 Å². The molecule has 1 aromatic carbocycles. The Morgan fingerprint density at radius 3 is 2.59 bits per heavy atom. The first kappa shape index (κ1) is 25.6. The van der Waals surface area contributed by atoms with E-state index in [2.05, 4.69) is 5.16 Å². The number of cyclic esters (lactones) is 1. The standard InChI is InChI=1S/C25H31ClN2O6/c1-17(24(31)28-12-8-6-9-13-28)34-27-18-11-7-4-2-3-5-10-14-33-25(32)22-19(15-18)23(26)21(30)16-20(22)29/h3,5,7,11,16-17,29-30H,2,4,6,8-10,12-15H2,1H3/b5-3+,11-7+,27-18-/t17-/m0/s1. The van der Waals surface area contributed by atoms with E-state index < -0.39 is 17.8 Å². The van der Waals surface area contributed by atoms with Gasteiger partial charge < -0.3 is 24.7 Å². The van der Waals surface area contributed by atoms with Crippen molar-refractivity contribution in [2.45, 2.75) is 58.0 Å². The number of phenolic OH excluding ortho intramolecular Hbond substituents is 2. The SMILES string of the molecule is C[C@H](O/N=C1/C=C/CC/C=C/CCOC(=O)c2c(O)cc(O)c(Cl)c2C1)C(=O)N1CCCCC1. The summed E-state index contributed by atoms with van der Waals surface area (Å²) in [7, 11) is 0. The van der Waals surface area contributed by atoms with Gasteiger partial charge in [0, 0.05) is 25.6 Å². The predicted molar refractivity (Wildman–Crippen MR) is 129 cm³/mol. The van der Waals surface area contributed by atoms with E-state index in [0.717, 1.165) is 38.2 Å². The second-order valence-corrected chi connectivity index (χ2v) is 8.73. The third-order valence-electron chi connectivity index (χ3n) is 5.72. The number of nitrogens with zero attached hydrogens (tertiary/aromatic N) is 2. The molecule has 1 aromatic rings. The topological polar surface area (TPSA) is 109 Å². The third-order valence-corrected chi connectivity index (χ3v) is 6.14. The van der Waals surface area contributed by atoms with Crippen molar-refractivity contribution in [3.05, 3.63) is 46.5 Å². The van der Waals surface area contributed by atoms with Gasteiger partial charge in [0.2, 0.25) is 6.10 Å². The van der Waals surface area contributed by atoms with Crippen LogP contribution in [0.5, 0.6) is 11.5 Å². The van der Waals surface area contributed by atoms with Crippen LogP contribution in [0.2, 0.25) is 5.02 Å². The second-order valence-electron chi connectivity index (χ2n) is 8.35. The molecule has 9 heteroatoms. The molecule has 0 radical (unpaired) electrons. The lowest BCUT2D eigenvalue weighted by atomic mass is 9.99. The molecule has 0 aliphatic carbocycles. The Morgan fingerprint density at radius 1 is 1.12 bits per heavy atom. The van der Waals surface area contributed by atoms with Crippen LogP contribution in [-0.2, 0) is 20.8 Å². The van der Waals surface area contributed by atoms with E-state index in [9.17, 15) is 19.8 Å². The van der Waals surface area contributed by atoms with Gasteiger partial charge in [-0.1, -0.05) is 35.0 Å². The van der Waals surface area contributed by atoms with E-state index in [0.29, 0.717) is 25.2 Å². The maximum Gasteiger partial charge on any atom is 0.342 e. The minimum atomic E-state index is -0.785. The van der Waals surface area contributed by atoms with Crippen molar-refractivity contribution < 1.29 is 29.4 Å². The number of aromatic hydroxyl groups is 2. The van der Waals surface area contributed by atoms with Gasteiger partial charge in [-0.3, -0.25) is 4.79 Å². The fourth-order valence-electron chi connectivity index (χ4n) is 3.88. The average molecular weight is 491 g/mol. The molecule has 1 saturated heterocycles. The van der Waals surface area contributed by atoms with Gasteiger partial charge in [-0.2, -0.15) is 0 Å². The molecule has 0 bridgehead atoms. The molecule has 0 saturated carbocycles. The van der Waals surface area contributed by atoms with Crippen molar-refractivity contribution in [1.82, 2.24) is 4.90 Å². The summed E-state index contributed by atoms with van der Waals surface area (Å²) in [5.41, 5.74) is 0.404. The molecule has 1 atom stereocenters. The normalized spacial score (nSPS) is 21.6. The van der Waals surface area contributed by atoms with Gasteiger partial charge in [0.1, 0.15) is 17.1 Å². The number of oxime groups is 1. The molecule has 2 N–H and O–H groups in total. The summed E-state index contributed by atoms with van der Waals surface area (Å²) in [6.45, 7) is 3.21. The third kappa shape index (κ3) is 6.76. The fourth-order valence-corrected chi connectivity index (χ4v) is 4.10. The van der Waals surface area contributed by atoms with Crippen molar-refractivity contribution in [3.63, 3.8) is 0 Å². The molecule has 34 heavy (non-hydrogen) atoms. The Balaban J connectivity index is 1.90. The Hall–Kier alpha value is -3.00. The van der Waals surface area contributed by atoms with Crippen LogP contribution in [0.1, 0.15) is 61.4 Å². The molecule has 0 spiro atoms. The fraction of sp³-hybridized carbons (Fsp3) is 0.480. The van der Waals surface area contributed by atoms with Gasteiger partial charge in [-0.15, -0.1) is 0 Å². The number of amides is 1. The van der Waals surface area contributed by atoms with Crippen molar-refractivity contribution >= 4 is 29.2 Å². The lowest BCUT2D eigenvalue weighted by Gasteiger charge is -2.28. The second kappa shape index (κ2) is 12.5. The zero-order valence-electron chi connectivity index (χ0n) is 19.3. The number of likely N-dealkylation sites (tertiary alicyclic amines) is 1. The number of hydrogen-bond acceptors (Lipinski definition) is 7. The smallest absolute Gasteiger partial charge is 0.342 e. The number of fused-ring (bicyclic) bond motifs is 1. The highest BCUT2D eigenvalue weighted by atomic mass is 35.5. The number of benzene rings is 1. The Labute approximate surface area is 204 Å². The Bertz CT molecular complexity index is 982. The summed E-state index contributed by atoms with van der Waals surface area (Å²) < 4.78 is 5.29. The van der Waals surface area contributed by atoms with Crippen LogP contribution in [0.25, 0.3) is 0 Å². The maximum absolute atomic E-state index is 12.7. The molecule has 1 amide bonds. The quantitative estimate of drug-likeness (QED) is 0.366. The molecule has 2 aliphatic heterocycles. The number of allylic oxidation sites excluding steroid dienone is 3. The monoisotopic (exact) mass is 490 g/mol. The number of rotatable bonds is 3. The lowest BCUT2D eigenvalue weighted by Crippen LogP contribution is -2.41. The maximum atomic E-state index is 12.7. The largest absolute Gasteiger partial charge is 0.507 e. The van der Waals surface area contributed by atoms with E-state index >= 15 is 0 Å². The molecule has 0 aromatic heterocycles. The van der Waals surface area contributed by atoms with Crippen LogP contribution in [-0.4, -0.2) is 58.5 Å². The molecule has 3 rings (SSSR count). The van der Waals surface area contributed by atoms with Crippen LogP contribution < -0.4 is 0 Å². The van der Waals surface area contributed by atoms with Crippen LogP contribution in [0.4, 0.5) is 0 Å². The van der Waals surface area contributed by atoms with Crippen LogP contribution in [0, 0.1) is 0 Å². The summed E-state index contributed by atoms with van der Waals surface area (Å²) in [5.74, 6) is -1.69. The lowest BCUT2D eigenvalue weighted by molar-refractivity contribution is -0.143. The zero-order chi connectivity index (χ0) is 24.5. The molecule has 2 aliphatic rings. The number of carbonyl (C=O) groups is 2. The Morgan fingerprint density at radius 2 is 1.82 bits per heavy atom. The number of piperidine rings is 1. The minimum absolute atomic E-state index is 0.0256. The summed E-state index contributed by atoms with van der Waals surface area (Å²) in [4.78, 5) is 32.7. The first-order valence-corrected chi connectivity index (χ1v) is 12.0. The van der Waals surface area contributed by atoms with Crippen LogP contribution in [0.15, 0.2) is 35.5 Å². The number of phenols is 2. The molecule has 0 unspecified atom stereocenters. The van der Waals surface area contributed by atoms with Gasteiger partial charge in [-0.25, -0.2) is 4.79 Å². The predicted octanol–water partition coefficient (Wildman–Crippen LogP) is 4.52. The number of hydrogen-bond donors (Lipinski definition) is 2. The highest BCUT2D eigenvalue weighted by Crippen LogP contribution is 2.37. The summed E-state index contributed by atoms with van der Waals surface area (Å²) >= 11 is 6.32. The highest BCUT2D eigenvalue weighted by molar-refractivity contribution is 6.33. The van der Waals surface area contributed by atoms with Gasteiger partial charge in [0.15, 0.2) is 0 Å². The highest BCUT2D eigenvalue weighted by Gasteiger charge is 2.26. The van der Waals surface area contributed by atoms with E-state index in [4.69, 9.17) is 21.2 Å².